The van der Waals surface area contributed by atoms with Crippen LogP contribution >= 0.6 is 0 Å². The number of morpholine rings is 1. The smallest absolute Gasteiger partial charge is 0.126 e. The minimum Gasteiger partial charge on any atom is -0.497 e. The third-order valence-corrected chi connectivity index (χ3v) is 4.66. The molecule has 1 aliphatic rings. The fourth-order valence-electron chi connectivity index (χ4n) is 3.23. The predicted octanol–water partition coefficient (Wildman–Crippen LogP) is 3.05. The summed E-state index contributed by atoms with van der Waals surface area (Å²) in [6.45, 7) is 3.08. The van der Waals surface area contributed by atoms with Gasteiger partial charge in [-0.2, -0.15) is 0 Å². The normalized spacial score (nSPS) is 18.0. The molecule has 1 saturated heterocycles. The molecular weight excluding hydrogens is 328 g/mol. The SMILES string of the molecule is COc1ccc(-c2cnc([C@@H]3COCCN3Cc3cccnc3)[nH]2)cc1. The Bertz CT molecular complexity index is 833. The van der Waals surface area contributed by atoms with Crippen LogP contribution in [-0.4, -0.2) is 46.7 Å². The van der Waals surface area contributed by atoms with Gasteiger partial charge in [-0.15, -0.1) is 0 Å². The topological polar surface area (TPSA) is 63.3 Å². The van der Waals surface area contributed by atoms with Crippen molar-refractivity contribution in [3.8, 4) is 17.0 Å². The van der Waals surface area contributed by atoms with E-state index in [1.165, 1.54) is 5.56 Å². The van der Waals surface area contributed by atoms with E-state index in [0.29, 0.717) is 6.61 Å². The molecule has 4 rings (SSSR count). The number of ether oxygens (including phenoxy) is 2. The van der Waals surface area contributed by atoms with E-state index < -0.39 is 0 Å². The highest BCUT2D eigenvalue weighted by molar-refractivity contribution is 5.59. The molecule has 0 radical (unpaired) electrons. The molecule has 6 heteroatoms. The summed E-state index contributed by atoms with van der Waals surface area (Å²) in [4.78, 5) is 14.7. The Morgan fingerprint density at radius 1 is 1.23 bits per heavy atom. The zero-order valence-corrected chi connectivity index (χ0v) is 14.8. The molecule has 0 spiro atoms. The Kier molecular flexibility index (Phi) is 4.95. The quantitative estimate of drug-likeness (QED) is 0.766. The highest BCUT2D eigenvalue weighted by Gasteiger charge is 2.27. The first-order valence-corrected chi connectivity index (χ1v) is 8.73. The van der Waals surface area contributed by atoms with E-state index in [0.717, 1.165) is 42.5 Å². The molecule has 1 N–H and O–H groups in total. The van der Waals surface area contributed by atoms with Crippen molar-refractivity contribution in [3.05, 3.63) is 66.4 Å². The van der Waals surface area contributed by atoms with Gasteiger partial charge in [-0.1, -0.05) is 6.07 Å². The molecule has 0 amide bonds. The fraction of sp³-hybridized carbons (Fsp3) is 0.300. The molecule has 0 unspecified atom stereocenters. The monoisotopic (exact) mass is 350 g/mol. The van der Waals surface area contributed by atoms with Crippen LogP contribution in [0.5, 0.6) is 5.75 Å². The van der Waals surface area contributed by atoms with Gasteiger partial charge in [0.2, 0.25) is 0 Å². The number of hydrogen-bond acceptors (Lipinski definition) is 5. The van der Waals surface area contributed by atoms with E-state index in [-0.39, 0.29) is 6.04 Å². The van der Waals surface area contributed by atoms with Crippen LogP contribution in [0, 0.1) is 0 Å². The van der Waals surface area contributed by atoms with Gasteiger partial charge in [0, 0.05) is 25.5 Å². The lowest BCUT2D eigenvalue weighted by Crippen LogP contribution is -2.39. The second-order valence-electron chi connectivity index (χ2n) is 6.33. The number of rotatable bonds is 5. The van der Waals surface area contributed by atoms with Crippen LogP contribution in [0.3, 0.4) is 0 Å². The summed E-state index contributed by atoms with van der Waals surface area (Å²) in [5.41, 5.74) is 3.27. The summed E-state index contributed by atoms with van der Waals surface area (Å²) in [5.74, 6) is 1.77. The highest BCUT2D eigenvalue weighted by atomic mass is 16.5. The molecule has 3 heterocycles. The highest BCUT2D eigenvalue weighted by Crippen LogP contribution is 2.27. The van der Waals surface area contributed by atoms with E-state index in [1.54, 1.807) is 13.3 Å². The average Bonchev–Trinajstić information content (AvgIpc) is 3.19. The van der Waals surface area contributed by atoms with Gasteiger partial charge in [0.05, 0.1) is 38.3 Å². The van der Waals surface area contributed by atoms with Crippen molar-refractivity contribution in [2.45, 2.75) is 12.6 Å². The average molecular weight is 350 g/mol. The number of aromatic amines is 1. The number of hydrogen-bond donors (Lipinski definition) is 1. The lowest BCUT2D eigenvalue weighted by Gasteiger charge is -2.34. The molecule has 134 valence electrons. The molecule has 2 aromatic heterocycles. The van der Waals surface area contributed by atoms with Crippen LogP contribution < -0.4 is 4.74 Å². The fourth-order valence-corrected chi connectivity index (χ4v) is 3.23. The largest absolute Gasteiger partial charge is 0.497 e. The molecular formula is C20H22N4O2. The minimum atomic E-state index is 0.107. The van der Waals surface area contributed by atoms with E-state index >= 15 is 0 Å². The minimum absolute atomic E-state index is 0.107. The second-order valence-corrected chi connectivity index (χ2v) is 6.33. The van der Waals surface area contributed by atoms with Crippen molar-refractivity contribution in [1.82, 2.24) is 19.9 Å². The van der Waals surface area contributed by atoms with Gasteiger partial charge >= 0.3 is 0 Å². The molecule has 26 heavy (non-hydrogen) atoms. The lowest BCUT2D eigenvalue weighted by atomic mass is 10.1. The summed E-state index contributed by atoms with van der Waals surface area (Å²) in [6.07, 6.45) is 5.60. The van der Waals surface area contributed by atoms with E-state index in [9.17, 15) is 0 Å². The number of aromatic nitrogens is 3. The molecule has 3 aromatic rings. The predicted molar refractivity (Wildman–Crippen MR) is 98.8 cm³/mol. The van der Waals surface area contributed by atoms with Crippen LogP contribution in [0.2, 0.25) is 0 Å². The van der Waals surface area contributed by atoms with Crippen LogP contribution in [0.4, 0.5) is 0 Å². The number of imidazole rings is 1. The first kappa shape index (κ1) is 16.8. The zero-order valence-electron chi connectivity index (χ0n) is 14.8. The van der Waals surface area contributed by atoms with Gasteiger partial charge in [-0.25, -0.2) is 4.98 Å². The maximum Gasteiger partial charge on any atom is 0.126 e. The first-order valence-electron chi connectivity index (χ1n) is 8.73. The van der Waals surface area contributed by atoms with Crippen molar-refractivity contribution in [3.63, 3.8) is 0 Å². The Hall–Kier alpha value is -2.70. The van der Waals surface area contributed by atoms with E-state index in [2.05, 4.69) is 25.9 Å². The summed E-state index contributed by atoms with van der Waals surface area (Å²) in [7, 11) is 1.67. The molecule has 0 bridgehead atoms. The van der Waals surface area contributed by atoms with Gasteiger partial charge in [0.25, 0.3) is 0 Å². The van der Waals surface area contributed by atoms with Crippen LogP contribution in [0.25, 0.3) is 11.3 Å². The Labute approximate surface area is 152 Å². The molecule has 1 atom stereocenters. The van der Waals surface area contributed by atoms with Crippen molar-refractivity contribution < 1.29 is 9.47 Å². The number of pyridine rings is 1. The summed E-state index contributed by atoms with van der Waals surface area (Å²) >= 11 is 0. The van der Waals surface area contributed by atoms with E-state index in [4.69, 9.17) is 9.47 Å². The molecule has 0 saturated carbocycles. The summed E-state index contributed by atoms with van der Waals surface area (Å²) < 4.78 is 10.9. The second kappa shape index (κ2) is 7.68. The molecule has 1 aliphatic heterocycles. The number of nitrogens with one attached hydrogen (secondary N) is 1. The van der Waals surface area contributed by atoms with Crippen LogP contribution in [0.1, 0.15) is 17.4 Å². The Morgan fingerprint density at radius 3 is 2.88 bits per heavy atom. The van der Waals surface area contributed by atoms with Gasteiger partial charge < -0.3 is 14.5 Å². The van der Waals surface area contributed by atoms with Crippen LogP contribution in [0.15, 0.2) is 55.0 Å². The molecule has 1 aromatic carbocycles. The number of H-pyrrole nitrogens is 1. The van der Waals surface area contributed by atoms with Crippen molar-refractivity contribution in [2.75, 3.05) is 26.9 Å². The van der Waals surface area contributed by atoms with Gasteiger partial charge in [-0.3, -0.25) is 9.88 Å². The van der Waals surface area contributed by atoms with Gasteiger partial charge in [0.15, 0.2) is 0 Å². The molecule has 6 nitrogen and oxygen atoms in total. The third-order valence-electron chi connectivity index (χ3n) is 4.66. The molecule has 0 aliphatic carbocycles. The molecule has 1 fully saturated rings. The van der Waals surface area contributed by atoms with E-state index in [1.807, 2.05) is 42.7 Å². The standard InChI is InChI=1S/C20H22N4O2/c1-25-17-6-4-16(5-7-17)18-12-22-20(23-18)19-14-26-10-9-24(19)13-15-3-2-8-21-11-15/h2-8,11-12,19H,9-10,13-14H2,1H3,(H,22,23)/t19-/m0/s1. The number of benzene rings is 1. The summed E-state index contributed by atoms with van der Waals surface area (Å²) in [6, 6.07) is 12.1. The van der Waals surface area contributed by atoms with Crippen molar-refractivity contribution >= 4 is 0 Å². The maximum atomic E-state index is 5.72. The van der Waals surface area contributed by atoms with Gasteiger partial charge in [0.1, 0.15) is 11.6 Å². The third kappa shape index (κ3) is 3.61. The first-order chi connectivity index (χ1) is 12.8. The Morgan fingerprint density at radius 2 is 2.12 bits per heavy atom. The zero-order chi connectivity index (χ0) is 17.8. The van der Waals surface area contributed by atoms with Gasteiger partial charge in [-0.05, 0) is 41.5 Å². The lowest BCUT2D eigenvalue weighted by molar-refractivity contribution is -0.0156. The maximum absolute atomic E-state index is 5.72. The van der Waals surface area contributed by atoms with Crippen molar-refractivity contribution in [1.29, 1.82) is 0 Å². The van der Waals surface area contributed by atoms with Crippen LogP contribution in [-0.2, 0) is 11.3 Å². The summed E-state index contributed by atoms with van der Waals surface area (Å²) in [5, 5.41) is 0. The number of methoxy groups -OCH3 is 1. The number of nitrogens with zero attached hydrogens (tertiary/aromatic N) is 3. The van der Waals surface area contributed by atoms with Crippen molar-refractivity contribution in [2.24, 2.45) is 0 Å². The Balaban J connectivity index is 1.54.